The van der Waals surface area contributed by atoms with Gasteiger partial charge < -0.3 is 10.2 Å². The van der Waals surface area contributed by atoms with Crippen molar-refractivity contribution in [2.45, 2.75) is 25.7 Å². The van der Waals surface area contributed by atoms with Gasteiger partial charge in [-0.15, -0.1) is 11.3 Å². The smallest absolute Gasteiger partial charge is 0.141 e. The number of anilines is 1. The van der Waals surface area contributed by atoms with E-state index in [-0.39, 0.29) is 0 Å². The molecule has 0 unspecified atom stereocenters. The van der Waals surface area contributed by atoms with E-state index in [4.69, 9.17) is 9.97 Å². The van der Waals surface area contributed by atoms with Gasteiger partial charge in [0.05, 0.1) is 5.39 Å². The van der Waals surface area contributed by atoms with Crippen molar-refractivity contribution in [3.8, 4) is 0 Å². The van der Waals surface area contributed by atoms with Gasteiger partial charge in [-0.05, 0) is 30.4 Å². The van der Waals surface area contributed by atoms with Crippen molar-refractivity contribution in [3.05, 3.63) is 52.2 Å². The van der Waals surface area contributed by atoms with Gasteiger partial charge in [0, 0.05) is 37.5 Å². The van der Waals surface area contributed by atoms with Crippen molar-refractivity contribution in [1.29, 1.82) is 0 Å². The summed E-state index contributed by atoms with van der Waals surface area (Å²) in [6.07, 6.45) is 4.49. The lowest BCUT2D eigenvalue weighted by Crippen LogP contribution is -2.44. The van der Waals surface area contributed by atoms with Crippen molar-refractivity contribution in [1.82, 2.24) is 15.3 Å². The first kappa shape index (κ1) is 15.3. The summed E-state index contributed by atoms with van der Waals surface area (Å²) in [6.45, 7) is 4.13. The monoisotopic (exact) mass is 350 g/mol. The topological polar surface area (TPSA) is 41.1 Å². The number of nitrogens with zero attached hydrogens (tertiary/aromatic N) is 3. The van der Waals surface area contributed by atoms with E-state index in [1.54, 1.807) is 0 Å². The van der Waals surface area contributed by atoms with Gasteiger partial charge in [0.1, 0.15) is 16.5 Å². The zero-order valence-corrected chi connectivity index (χ0v) is 15.1. The highest BCUT2D eigenvalue weighted by Crippen LogP contribution is 2.40. The van der Waals surface area contributed by atoms with Crippen LogP contribution in [0.4, 0.5) is 5.82 Å². The maximum atomic E-state index is 5.06. The molecular formula is C20H22N4S. The molecule has 128 valence electrons. The molecule has 1 aliphatic carbocycles. The third kappa shape index (κ3) is 2.81. The Morgan fingerprint density at radius 1 is 1.04 bits per heavy atom. The summed E-state index contributed by atoms with van der Waals surface area (Å²) < 4.78 is 0. The molecule has 5 rings (SSSR count). The Labute approximate surface area is 151 Å². The largest absolute Gasteiger partial charge is 0.353 e. The number of benzene rings is 1. The van der Waals surface area contributed by atoms with Crippen molar-refractivity contribution in [2.24, 2.45) is 0 Å². The van der Waals surface area contributed by atoms with Crippen LogP contribution in [0.15, 0.2) is 30.3 Å². The molecule has 25 heavy (non-hydrogen) atoms. The van der Waals surface area contributed by atoms with Crippen LogP contribution in [0.2, 0.25) is 0 Å². The van der Waals surface area contributed by atoms with E-state index in [1.165, 1.54) is 51.3 Å². The number of rotatable bonds is 3. The van der Waals surface area contributed by atoms with Crippen molar-refractivity contribution in [2.75, 3.05) is 31.1 Å². The molecule has 4 nitrogen and oxygen atoms in total. The van der Waals surface area contributed by atoms with E-state index in [1.807, 2.05) is 11.3 Å². The maximum Gasteiger partial charge on any atom is 0.141 e. The summed E-state index contributed by atoms with van der Waals surface area (Å²) in [5.74, 6) is 2.13. The lowest BCUT2D eigenvalue weighted by molar-refractivity contribution is 0.585. The zero-order valence-electron chi connectivity index (χ0n) is 14.3. The summed E-state index contributed by atoms with van der Waals surface area (Å²) in [4.78, 5) is 15.2. The number of aryl methyl sites for hydroxylation is 2. The quantitative estimate of drug-likeness (QED) is 0.788. The fourth-order valence-electron chi connectivity index (χ4n) is 3.98. The summed E-state index contributed by atoms with van der Waals surface area (Å²) in [5.41, 5.74) is 2.80. The second-order valence-corrected chi connectivity index (χ2v) is 7.98. The molecule has 1 fully saturated rings. The van der Waals surface area contributed by atoms with Crippen LogP contribution in [0, 0.1) is 0 Å². The first-order chi connectivity index (χ1) is 12.4. The lowest BCUT2D eigenvalue weighted by atomic mass is 10.1. The second-order valence-electron chi connectivity index (χ2n) is 6.90. The normalized spacial score (nSPS) is 17.2. The third-order valence-corrected chi connectivity index (χ3v) is 6.40. The minimum Gasteiger partial charge on any atom is -0.353 e. The van der Waals surface area contributed by atoms with Crippen LogP contribution in [0.25, 0.3) is 10.2 Å². The van der Waals surface area contributed by atoms with E-state index in [2.05, 4.69) is 40.5 Å². The molecular weight excluding hydrogens is 328 g/mol. The Morgan fingerprint density at radius 3 is 2.72 bits per heavy atom. The first-order valence-electron chi connectivity index (χ1n) is 9.19. The van der Waals surface area contributed by atoms with Gasteiger partial charge in [-0.25, -0.2) is 9.97 Å². The minimum absolute atomic E-state index is 0.804. The molecule has 0 atom stereocenters. The van der Waals surface area contributed by atoms with Crippen LogP contribution < -0.4 is 10.2 Å². The third-order valence-electron chi connectivity index (χ3n) is 5.21. The van der Waals surface area contributed by atoms with E-state index in [0.29, 0.717) is 0 Å². The standard InChI is InChI=1S/C20H22N4S/c1-2-5-14(6-3-1)13-17-22-19(24-11-9-21-10-12-24)18-15-7-4-8-16(15)25-20(18)23-17/h1-3,5-6,21H,4,7-13H2. The molecule has 0 radical (unpaired) electrons. The predicted octanol–water partition coefficient (Wildman–Crippen LogP) is 3.18. The van der Waals surface area contributed by atoms with Crippen LogP contribution in [-0.4, -0.2) is 36.1 Å². The minimum atomic E-state index is 0.804. The summed E-state index contributed by atoms with van der Waals surface area (Å²) in [5, 5.41) is 4.79. The zero-order chi connectivity index (χ0) is 16.6. The van der Waals surface area contributed by atoms with Crippen molar-refractivity contribution < 1.29 is 0 Å². The van der Waals surface area contributed by atoms with E-state index >= 15 is 0 Å². The maximum absolute atomic E-state index is 5.06. The SMILES string of the molecule is c1ccc(Cc2nc(N3CCNCC3)c3c4c(sc3n2)CCC4)cc1. The Morgan fingerprint density at radius 2 is 1.88 bits per heavy atom. The lowest BCUT2D eigenvalue weighted by Gasteiger charge is -2.29. The summed E-state index contributed by atoms with van der Waals surface area (Å²) in [6, 6.07) is 10.6. The number of nitrogens with one attached hydrogen (secondary N) is 1. The molecule has 0 bridgehead atoms. The molecule has 0 spiro atoms. The molecule has 1 aromatic carbocycles. The Hall–Kier alpha value is -1.98. The van der Waals surface area contributed by atoms with Crippen molar-refractivity contribution >= 4 is 27.4 Å². The van der Waals surface area contributed by atoms with Gasteiger partial charge in [-0.2, -0.15) is 0 Å². The molecule has 1 aliphatic heterocycles. The van der Waals surface area contributed by atoms with Crippen LogP contribution in [-0.2, 0) is 19.3 Å². The number of hydrogen-bond donors (Lipinski definition) is 1. The van der Waals surface area contributed by atoms with Gasteiger partial charge in [-0.3, -0.25) is 0 Å². The number of piperazine rings is 1. The van der Waals surface area contributed by atoms with Gasteiger partial charge >= 0.3 is 0 Å². The van der Waals surface area contributed by atoms with E-state index in [0.717, 1.165) is 38.4 Å². The Bertz CT molecular complexity index is 897. The van der Waals surface area contributed by atoms with Crippen LogP contribution in [0.3, 0.4) is 0 Å². The molecule has 2 aliphatic rings. The van der Waals surface area contributed by atoms with Gasteiger partial charge in [0.2, 0.25) is 0 Å². The average molecular weight is 350 g/mol. The highest BCUT2D eigenvalue weighted by atomic mass is 32.1. The highest BCUT2D eigenvalue weighted by Gasteiger charge is 2.25. The fourth-order valence-corrected chi connectivity index (χ4v) is 5.26. The average Bonchev–Trinajstić information content (AvgIpc) is 3.23. The number of thiophene rings is 1. The summed E-state index contributed by atoms with van der Waals surface area (Å²) >= 11 is 1.90. The van der Waals surface area contributed by atoms with Gasteiger partial charge in [0.15, 0.2) is 0 Å². The van der Waals surface area contributed by atoms with Crippen molar-refractivity contribution in [3.63, 3.8) is 0 Å². The fraction of sp³-hybridized carbons (Fsp3) is 0.400. The van der Waals surface area contributed by atoms with Gasteiger partial charge in [0.25, 0.3) is 0 Å². The Balaban J connectivity index is 1.62. The molecule has 1 N–H and O–H groups in total. The molecule has 5 heteroatoms. The second kappa shape index (κ2) is 6.39. The highest BCUT2D eigenvalue weighted by molar-refractivity contribution is 7.19. The molecule has 2 aromatic heterocycles. The number of hydrogen-bond acceptors (Lipinski definition) is 5. The van der Waals surface area contributed by atoms with Crippen LogP contribution >= 0.6 is 11.3 Å². The molecule has 0 amide bonds. The summed E-state index contributed by atoms with van der Waals surface area (Å²) in [7, 11) is 0. The molecule has 0 saturated carbocycles. The molecule has 3 aromatic rings. The van der Waals surface area contributed by atoms with E-state index < -0.39 is 0 Å². The first-order valence-corrected chi connectivity index (χ1v) is 10.0. The van der Waals surface area contributed by atoms with Gasteiger partial charge in [-0.1, -0.05) is 30.3 Å². The van der Waals surface area contributed by atoms with E-state index in [9.17, 15) is 0 Å². The van der Waals surface area contributed by atoms with Crippen LogP contribution in [0.5, 0.6) is 0 Å². The Kier molecular flexibility index (Phi) is 3.91. The number of fused-ring (bicyclic) bond motifs is 3. The van der Waals surface area contributed by atoms with Crippen LogP contribution in [0.1, 0.15) is 28.2 Å². The molecule has 3 heterocycles. The predicted molar refractivity (Wildman–Crippen MR) is 104 cm³/mol. The number of aromatic nitrogens is 2. The molecule has 1 saturated heterocycles.